The van der Waals surface area contributed by atoms with Crippen LogP contribution in [0.4, 0.5) is 0 Å². The van der Waals surface area contributed by atoms with E-state index in [0.29, 0.717) is 18.5 Å². The average Bonchev–Trinajstić information content (AvgIpc) is 2.35. The predicted octanol–water partition coefficient (Wildman–Crippen LogP) is 2.79. The zero-order valence-electron chi connectivity index (χ0n) is 12.0. The summed E-state index contributed by atoms with van der Waals surface area (Å²) in [7, 11) is 0. The van der Waals surface area contributed by atoms with Crippen molar-refractivity contribution < 1.29 is 4.79 Å². The van der Waals surface area contributed by atoms with E-state index in [1.807, 2.05) is 6.92 Å². The lowest BCUT2D eigenvalue weighted by Gasteiger charge is -2.31. The van der Waals surface area contributed by atoms with E-state index in [9.17, 15) is 4.79 Å². The van der Waals surface area contributed by atoms with Crippen LogP contribution in [0.15, 0.2) is 0 Å². The van der Waals surface area contributed by atoms with E-state index in [2.05, 4.69) is 25.7 Å². The fraction of sp³-hybridized carbons (Fsp3) is 0.929. The van der Waals surface area contributed by atoms with Gasteiger partial charge in [0.25, 0.3) is 0 Å². The zero-order valence-corrected chi connectivity index (χ0v) is 12.0. The second-order valence-electron chi connectivity index (χ2n) is 4.97. The average molecular weight is 242 g/mol. The van der Waals surface area contributed by atoms with Crippen molar-refractivity contribution in [1.29, 1.82) is 0 Å². The largest absolute Gasteiger partial charge is 0.340 e. The summed E-state index contributed by atoms with van der Waals surface area (Å²) >= 11 is 0. The Balaban J connectivity index is 4.39. The zero-order chi connectivity index (χ0) is 13.3. The fourth-order valence-corrected chi connectivity index (χ4v) is 1.93. The number of rotatable bonds is 9. The van der Waals surface area contributed by atoms with Gasteiger partial charge < -0.3 is 10.6 Å². The first-order valence-corrected chi connectivity index (χ1v) is 7.08. The first kappa shape index (κ1) is 16.4. The lowest BCUT2D eigenvalue weighted by Crippen LogP contribution is -2.42. The molecule has 0 saturated heterocycles. The minimum Gasteiger partial charge on any atom is -0.340 e. The van der Waals surface area contributed by atoms with Crippen molar-refractivity contribution in [3.63, 3.8) is 0 Å². The summed E-state index contributed by atoms with van der Waals surface area (Å²) in [6, 6.07) is 0.356. The Bertz CT molecular complexity index is 206. The fourth-order valence-electron chi connectivity index (χ4n) is 1.93. The van der Waals surface area contributed by atoms with Gasteiger partial charge in [-0.15, -0.1) is 0 Å². The highest BCUT2D eigenvalue weighted by Gasteiger charge is 2.22. The van der Waals surface area contributed by atoms with Gasteiger partial charge in [0.05, 0.1) is 0 Å². The van der Waals surface area contributed by atoms with E-state index in [4.69, 9.17) is 5.73 Å². The SMILES string of the molecule is CCCCN(C(=O)C(C)CCCN)C(C)CC. The monoisotopic (exact) mass is 242 g/mol. The lowest BCUT2D eigenvalue weighted by atomic mass is 10.0. The predicted molar refractivity (Wildman–Crippen MR) is 73.8 cm³/mol. The molecular weight excluding hydrogens is 212 g/mol. The van der Waals surface area contributed by atoms with Crippen molar-refractivity contribution in [1.82, 2.24) is 4.90 Å². The van der Waals surface area contributed by atoms with Crippen LogP contribution >= 0.6 is 0 Å². The minimum atomic E-state index is 0.115. The molecule has 0 heterocycles. The van der Waals surface area contributed by atoms with Crippen LogP contribution < -0.4 is 5.73 Å². The normalized spacial score (nSPS) is 14.4. The van der Waals surface area contributed by atoms with Crippen LogP contribution in [0.5, 0.6) is 0 Å². The number of hydrogen-bond donors (Lipinski definition) is 1. The van der Waals surface area contributed by atoms with Crippen molar-refractivity contribution in [2.24, 2.45) is 11.7 Å². The van der Waals surface area contributed by atoms with Crippen LogP contribution in [-0.2, 0) is 4.79 Å². The molecule has 0 rings (SSSR count). The molecule has 0 aromatic heterocycles. The number of carbonyl (C=O) groups excluding carboxylic acids is 1. The van der Waals surface area contributed by atoms with E-state index < -0.39 is 0 Å². The van der Waals surface area contributed by atoms with E-state index in [1.165, 1.54) is 0 Å². The van der Waals surface area contributed by atoms with Gasteiger partial charge in [0, 0.05) is 18.5 Å². The molecule has 0 spiro atoms. The van der Waals surface area contributed by atoms with Gasteiger partial charge >= 0.3 is 0 Å². The van der Waals surface area contributed by atoms with Gasteiger partial charge in [0.2, 0.25) is 5.91 Å². The smallest absolute Gasteiger partial charge is 0.225 e. The van der Waals surface area contributed by atoms with Crippen molar-refractivity contribution >= 4 is 5.91 Å². The molecule has 0 aliphatic rings. The Morgan fingerprint density at radius 3 is 2.35 bits per heavy atom. The molecule has 0 bridgehead atoms. The van der Waals surface area contributed by atoms with Crippen molar-refractivity contribution in [3.8, 4) is 0 Å². The van der Waals surface area contributed by atoms with E-state index in [1.54, 1.807) is 0 Å². The molecule has 0 aliphatic carbocycles. The van der Waals surface area contributed by atoms with Crippen molar-refractivity contribution in [3.05, 3.63) is 0 Å². The van der Waals surface area contributed by atoms with Crippen LogP contribution in [0.25, 0.3) is 0 Å². The third-order valence-electron chi connectivity index (χ3n) is 3.42. The third kappa shape index (κ3) is 6.06. The van der Waals surface area contributed by atoms with E-state index >= 15 is 0 Å². The number of nitrogens with two attached hydrogens (primary N) is 1. The minimum absolute atomic E-state index is 0.115. The quantitative estimate of drug-likeness (QED) is 0.676. The molecule has 0 aromatic rings. The number of amides is 1. The molecule has 0 saturated carbocycles. The van der Waals surface area contributed by atoms with Gasteiger partial charge in [-0.2, -0.15) is 0 Å². The van der Waals surface area contributed by atoms with Gasteiger partial charge in [-0.1, -0.05) is 27.2 Å². The second kappa shape index (κ2) is 9.46. The molecule has 102 valence electrons. The molecule has 0 radical (unpaired) electrons. The van der Waals surface area contributed by atoms with Gasteiger partial charge in [-0.05, 0) is 39.2 Å². The summed E-state index contributed by atoms with van der Waals surface area (Å²) in [5.41, 5.74) is 5.49. The number of hydrogen-bond acceptors (Lipinski definition) is 2. The van der Waals surface area contributed by atoms with Crippen LogP contribution in [0.1, 0.15) is 59.8 Å². The molecule has 3 heteroatoms. The maximum atomic E-state index is 12.3. The molecule has 2 N–H and O–H groups in total. The van der Waals surface area contributed by atoms with Gasteiger partial charge in [-0.3, -0.25) is 4.79 Å². The molecule has 0 aromatic carbocycles. The first-order valence-electron chi connectivity index (χ1n) is 7.08. The molecule has 1 amide bonds. The van der Waals surface area contributed by atoms with Crippen LogP contribution in [0, 0.1) is 5.92 Å². The van der Waals surface area contributed by atoms with Gasteiger partial charge in [0.15, 0.2) is 0 Å². The van der Waals surface area contributed by atoms with Crippen molar-refractivity contribution in [2.45, 2.75) is 65.8 Å². The topological polar surface area (TPSA) is 46.3 Å². The molecule has 2 unspecified atom stereocenters. The Morgan fingerprint density at radius 1 is 1.24 bits per heavy atom. The number of carbonyl (C=O) groups is 1. The van der Waals surface area contributed by atoms with Crippen LogP contribution in [-0.4, -0.2) is 29.9 Å². The summed E-state index contributed by atoms with van der Waals surface area (Å²) in [5, 5.41) is 0. The Hall–Kier alpha value is -0.570. The van der Waals surface area contributed by atoms with Crippen molar-refractivity contribution in [2.75, 3.05) is 13.1 Å². The summed E-state index contributed by atoms with van der Waals surface area (Å²) in [6.45, 7) is 10.0. The number of unbranched alkanes of at least 4 members (excludes halogenated alkanes) is 1. The lowest BCUT2D eigenvalue weighted by molar-refractivity contribution is -0.137. The standard InChI is InChI=1S/C14H30N2O/c1-5-7-11-16(13(4)6-2)14(17)12(3)9-8-10-15/h12-13H,5-11,15H2,1-4H3. The first-order chi connectivity index (χ1) is 8.08. The second-order valence-corrected chi connectivity index (χ2v) is 4.97. The Morgan fingerprint density at radius 2 is 1.88 bits per heavy atom. The highest BCUT2D eigenvalue weighted by molar-refractivity contribution is 5.78. The summed E-state index contributed by atoms with van der Waals surface area (Å²) in [6.07, 6.45) is 5.11. The highest BCUT2D eigenvalue weighted by atomic mass is 16.2. The summed E-state index contributed by atoms with van der Waals surface area (Å²) < 4.78 is 0. The Labute approximate surface area is 107 Å². The van der Waals surface area contributed by atoms with Gasteiger partial charge in [0.1, 0.15) is 0 Å². The maximum Gasteiger partial charge on any atom is 0.225 e. The molecular formula is C14H30N2O. The third-order valence-corrected chi connectivity index (χ3v) is 3.42. The molecule has 2 atom stereocenters. The van der Waals surface area contributed by atoms with Gasteiger partial charge in [-0.25, -0.2) is 0 Å². The maximum absolute atomic E-state index is 12.3. The molecule has 3 nitrogen and oxygen atoms in total. The van der Waals surface area contributed by atoms with E-state index in [0.717, 1.165) is 38.6 Å². The van der Waals surface area contributed by atoms with E-state index in [-0.39, 0.29) is 5.92 Å². The van der Waals surface area contributed by atoms with Crippen LogP contribution in [0.3, 0.4) is 0 Å². The Kier molecular flexibility index (Phi) is 9.14. The summed E-state index contributed by atoms with van der Waals surface area (Å²) in [4.78, 5) is 14.4. The van der Waals surface area contributed by atoms with Crippen LogP contribution in [0.2, 0.25) is 0 Å². The molecule has 17 heavy (non-hydrogen) atoms. The molecule has 0 aliphatic heterocycles. The number of nitrogens with zero attached hydrogens (tertiary/aromatic N) is 1. The molecule has 0 fully saturated rings. The summed E-state index contributed by atoms with van der Waals surface area (Å²) in [5.74, 6) is 0.422. The highest BCUT2D eigenvalue weighted by Crippen LogP contribution is 2.14.